The summed E-state index contributed by atoms with van der Waals surface area (Å²) in [6, 6.07) is 5.00. The summed E-state index contributed by atoms with van der Waals surface area (Å²) in [4.78, 5) is 14.6. The van der Waals surface area contributed by atoms with E-state index < -0.39 is 10.0 Å². The summed E-state index contributed by atoms with van der Waals surface area (Å²) in [5, 5.41) is 2.88. The van der Waals surface area contributed by atoms with Gasteiger partial charge in [-0.2, -0.15) is 0 Å². The van der Waals surface area contributed by atoms with Gasteiger partial charge >= 0.3 is 0 Å². The number of hydrogen-bond acceptors (Lipinski definition) is 4. The largest absolute Gasteiger partial charge is 0.325 e. The van der Waals surface area contributed by atoms with Crippen LogP contribution >= 0.6 is 0 Å². The number of amides is 1. The minimum atomic E-state index is -3.36. The van der Waals surface area contributed by atoms with E-state index in [1.807, 2.05) is 27.7 Å². The fraction of sp³-hybridized carbons (Fsp3) is 0.562. The molecule has 0 aliphatic rings. The Balaban J connectivity index is 2.96. The lowest BCUT2D eigenvalue weighted by Gasteiger charge is -2.27. The van der Waals surface area contributed by atoms with E-state index >= 15 is 0 Å². The topological polar surface area (TPSA) is 78.5 Å². The molecule has 1 aromatic carbocycles. The van der Waals surface area contributed by atoms with Crippen molar-refractivity contribution in [2.24, 2.45) is 0 Å². The van der Waals surface area contributed by atoms with Crippen LogP contribution in [0, 0.1) is 6.92 Å². The van der Waals surface area contributed by atoms with Gasteiger partial charge in [0.2, 0.25) is 15.9 Å². The molecule has 1 unspecified atom stereocenters. The Morgan fingerprint density at radius 2 is 1.83 bits per heavy atom. The van der Waals surface area contributed by atoms with Crippen molar-refractivity contribution in [2.75, 3.05) is 29.4 Å². The van der Waals surface area contributed by atoms with Gasteiger partial charge in [-0.1, -0.05) is 26.8 Å². The van der Waals surface area contributed by atoms with Crippen LogP contribution in [-0.4, -0.2) is 44.6 Å². The lowest BCUT2D eigenvalue weighted by atomic mass is 10.1. The highest BCUT2D eigenvalue weighted by Gasteiger charge is 2.22. The quantitative estimate of drug-likeness (QED) is 0.761. The molecular weight excluding hydrogens is 314 g/mol. The standard InChI is InChI=1S/C16H27N3O3S/c1-6-15(19(7-2)8-3)16(20)17-13-10-9-12(4)14(11-13)18-23(5,21)22/h9-11,15,18H,6-8H2,1-5H3,(H,17,20). The van der Waals surface area contributed by atoms with E-state index in [4.69, 9.17) is 0 Å². The second-order valence-electron chi connectivity index (χ2n) is 5.54. The molecular formula is C16H27N3O3S. The van der Waals surface area contributed by atoms with Gasteiger partial charge in [0.05, 0.1) is 18.0 Å². The second-order valence-corrected chi connectivity index (χ2v) is 7.29. The average Bonchev–Trinajstić information content (AvgIpc) is 2.46. The zero-order valence-corrected chi connectivity index (χ0v) is 15.3. The molecule has 1 atom stereocenters. The molecule has 0 radical (unpaired) electrons. The molecule has 1 aromatic rings. The van der Waals surface area contributed by atoms with Crippen LogP contribution in [0.2, 0.25) is 0 Å². The maximum absolute atomic E-state index is 12.5. The third-order valence-corrected chi connectivity index (χ3v) is 4.33. The van der Waals surface area contributed by atoms with Gasteiger partial charge in [-0.05, 0) is 44.1 Å². The number of anilines is 2. The first kappa shape index (κ1) is 19.4. The van der Waals surface area contributed by atoms with Crippen LogP contribution in [0.15, 0.2) is 18.2 Å². The predicted octanol–water partition coefficient (Wildman–Crippen LogP) is 2.43. The van der Waals surface area contributed by atoms with Crippen LogP contribution in [0.5, 0.6) is 0 Å². The molecule has 23 heavy (non-hydrogen) atoms. The van der Waals surface area contributed by atoms with Crippen molar-refractivity contribution in [2.45, 2.75) is 40.2 Å². The van der Waals surface area contributed by atoms with E-state index in [1.165, 1.54) is 0 Å². The van der Waals surface area contributed by atoms with Gasteiger partial charge in [0.25, 0.3) is 0 Å². The van der Waals surface area contributed by atoms with Gasteiger partial charge in [-0.3, -0.25) is 14.4 Å². The first-order valence-corrected chi connectivity index (χ1v) is 9.74. The number of rotatable bonds is 8. The molecule has 0 heterocycles. The fourth-order valence-electron chi connectivity index (χ4n) is 2.51. The van der Waals surface area contributed by atoms with E-state index in [-0.39, 0.29) is 11.9 Å². The van der Waals surface area contributed by atoms with E-state index in [9.17, 15) is 13.2 Å². The normalized spacial score (nSPS) is 13.0. The summed E-state index contributed by atoms with van der Waals surface area (Å²) in [5.41, 5.74) is 1.85. The van der Waals surface area contributed by atoms with E-state index in [0.29, 0.717) is 17.8 Å². The number of hydrogen-bond donors (Lipinski definition) is 2. The number of benzene rings is 1. The first-order valence-electron chi connectivity index (χ1n) is 7.85. The highest BCUT2D eigenvalue weighted by atomic mass is 32.2. The van der Waals surface area contributed by atoms with Gasteiger partial charge in [0.15, 0.2) is 0 Å². The molecule has 6 nitrogen and oxygen atoms in total. The zero-order chi connectivity index (χ0) is 17.6. The van der Waals surface area contributed by atoms with Crippen molar-refractivity contribution in [3.8, 4) is 0 Å². The van der Waals surface area contributed by atoms with E-state index in [1.54, 1.807) is 18.2 Å². The van der Waals surface area contributed by atoms with Crippen molar-refractivity contribution in [3.63, 3.8) is 0 Å². The van der Waals surface area contributed by atoms with Gasteiger partial charge in [0, 0.05) is 5.69 Å². The number of nitrogens with one attached hydrogen (secondary N) is 2. The average molecular weight is 341 g/mol. The zero-order valence-electron chi connectivity index (χ0n) is 14.5. The summed E-state index contributed by atoms with van der Waals surface area (Å²) in [6.45, 7) is 9.45. The molecule has 7 heteroatoms. The van der Waals surface area contributed by atoms with E-state index in [0.717, 1.165) is 24.9 Å². The Morgan fingerprint density at radius 1 is 1.22 bits per heavy atom. The lowest BCUT2D eigenvalue weighted by Crippen LogP contribution is -2.43. The molecule has 0 aliphatic heterocycles. The number of sulfonamides is 1. The SMILES string of the molecule is CCC(C(=O)Nc1ccc(C)c(NS(C)(=O)=O)c1)N(CC)CC. The Kier molecular flexibility index (Phi) is 7.02. The Morgan fingerprint density at radius 3 is 2.30 bits per heavy atom. The van der Waals surface area contributed by atoms with Crippen LogP contribution in [0.25, 0.3) is 0 Å². The summed E-state index contributed by atoms with van der Waals surface area (Å²) in [5.74, 6) is -0.0784. The molecule has 0 saturated heterocycles. The molecule has 0 fully saturated rings. The first-order chi connectivity index (χ1) is 10.7. The number of likely N-dealkylation sites (N-methyl/N-ethyl adjacent to an activating group) is 1. The minimum Gasteiger partial charge on any atom is -0.325 e. The smallest absolute Gasteiger partial charge is 0.241 e. The van der Waals surface area contributed by atoms with Gasteiger partial charge in [-0.25, -0.2) is 8.42 Å². The van der Waals surface area contributed by atoms with Gasteiger partial charge < -0.3 is 5.32 Å². The maximum Gasteiger partial charge on any atom is 0.241 e. The molecule has 0 aromatic heterocycles. The third kappa shape index (κ3) is 5.84. The van der Waals surface area contributed by atoms with Crippen molar-refractivity contribution >= 4 is 27.3 Å². The molecule has 130 valence electrons. The number of carbonyl (C=O) groups excluding carboxylic acids is 1. The lowest BCUT2D eigenvalue weighted by molar-refractivity contribution is -0.121. The van der Waals surface area contributed by atoms with Gasteiger partial charge in [-0.15, -0.1) is 0 Å². The maximum atomic E-state index is 12.5. The molecule has 2 N–H and O–H groups in total. The molecule has 1 amide bonds. The summed E-state index contributed by atoms with van der Waals surface area (Å²) in [7, 11) is -3.36. The highest BCUT2D eigenvalue weighted by Crippen LogP contribution is 2.21. The summed E-state index contributed by atoms with van der Waals surface area (Å²) < 4.78 is 25.3. The fourth-order valence-corrected chi connectivity index (χ4v) is 3.13. The molecule has 1 rings (SSSR count). The van der Waals surface area contributed by atoms with Crippen molar-refractivity contribution in [1.82, 2.24) is 4.90 Å². The number of nitrogens with zero attached hydrogens (tertiary/aromatic N) is 1. The Labute approximate surface area is 139 Å². The van der Waals surface area contributed by atoms with Crippen LogP contribution < -0.4 is 10.0 Å². The second kappa shape index (κ2) is 8.31. The Bertz CT molecular complexity index is 640. The monoisotopic (exact) mass is 341 g/mol. The predicted molar refractivity (Wildman–Crippen MR) is 95.3 cm³/mol. The summed E-state index contributed by atoms with van der Waals surface area (Å²) >= 11 is 0. The minimum absolute atomic E-state index is 0.0784. The van der Waals surface area contributed by atoms with Gasteiger partial charge in [0.1, 0.15) is 0 Å². The number of aryl methyl sites for hydroxylation is 1. The summed E-state index contributed by atoms with van der Waals surface area (Å²) in [6.07, 6.45) is 1.82. The molecule has 0 spiro atoms. The van der Waals surface area contributed by atoms with Crippen LogP contribution in [0.1, 0.15) is 32.8 Å². The Hall–Kier alpha value is -1.60. The molecule has 0 bridgehead atoms. The highest BCUT2D eigenvalue weighted by molar-refractivity contribution is 7.92. The van der Waals surface area contributed by atoms with Crippen LogP contribution in [-0.2, 0) is 14.8 Å². The molecule has 0 aliphatic carbocycles. The van der Waals surface area contributed by atoms with Crippen molar-refractivity contribution in [1.29, 1.82) is 0 Å². The molecule has 0 saturated carbocycles. The van der Waals surface area contributed by atoms with E-state index in [2.05, 4.69) is 14.9 Å². The van der Waals surface area contributed by atoms with Crippen molar-refractivity contribution in [3.05, 3.63) is 23.8 Å². The third-order valence-electron chi connectivity index (χ3n) is 3.74. The van der Waals surface area contributed by atoms with Crippen molar-refractivity contribution < 1.29 is 13.2 Å². The van der Waals surface area contributed by atoms with Crippen LogP contribution in [0.4, 0.5) is 11.4 Å². The number of carbonyl (C=O) groups is 1. The van der Waals surface area contributed by atoms with Crippen LogP contribution in [0.3, 0.4) is 0 Å².